The second-order valence-corrected chi connectivity index (χ2v) is 7.30. The van der Waals surface area contributed by atoms with Crippen molar-refractivity contribution < 1.29 is 20.1 Å². The van der Waals surface area contributed by atoms with Crippen molar-refractivity contribution in [1.29, 1.82) is 0 Å². The number of aromatic nitrogens is 4. The van der Waals surface area contributed by atoms with Gasteiger partial charge in [-0.15, -0.1) is 0 Å². The van der Waals surface area contributed by atoms with Crippen LogP contribution in [0.2, 0.25) is 0 Å². The molecule has 2 aromatic heterocycles. The number of ether oxygens (including phenoxy) is 1. The number of aliphatic hydroxyl groups is 3. The molecule has 5 N–H and O–H groups in total. The first-order valence-electron chi connectivity index (χ1n) is 8.08. The minimum atomic E-state index is -1.00. The van der Waals surface area contributed by atoms with E-state index in [1.807, 2.05) is 9.36 Å². The van der Waals surface area contributed by atoms with Crippen molar-refractivity contribution in [1.82, 2.24) is 19.3 Å². The van der Waals surface area contributed by atoms with Gasteiger partial charge in [-0.25, -0.2) is 9.97 Å². The summed E-state index contributed by atoms with van der Waals surface area (Å²) in [7, 11) is 0. The number of nitrogen functional groups attached to an aromatic ring is 1. The van der Waals surface area contributed by atoms with E-state index in [4.69, 9.17) is 15.6 Å². The van der Waals surface area contributed by atoms with Crippen LogP contribution in [0.15, 0.2) is 5.16 Å². The van der Waals surface area contributed by atoms with Gasteiger partial charge in [0.1, 0.15) is 23.1 Å². The molecule has 1 aliphatic carbocycles. The summed E-state index contributed by atoms with van der Waals surface area (Å²) in [5.41, 5.74) is 7.52. The summed E-state index contributed by atoms with van der Waals surface area (Å²) in [6, 6.07) is -0.355. The Balaban J connectivity index is 1.73. The van der Waals surface area contributed by atoms with Crippen molar-refractivity contribution in [3.63, 3.8) is 0 Å². The Hall–Kier alpha value is -1.33. The monoisotopic (exact) mass is 355 g/mol. The predicted octanol–water partition coefficient (Wildman–Crippen LogP) is -0.127. The Morgan fingerprint density at radius 2 is 2.08 bits per heavy atom. The number of anilines is 1. The van der Waals surface area contributed by atoms with Crippen LogP contribution in [0, 0.1) is 0 Å². The van der Waals surface area contributed by atoms with Crippen LogP contribution in [-0.4, -0.2) is 66.2 Å². The molecule has 0 amide bonds. The lowest BCUT2D eigenvalue weighted by molar-refractivity contribution is -0.0632. The zero-order valence-electron chi connectivity index (χ0n) is 13.2. The fraction of sp³-hybridized carbons (Fsp3) is 0.714. The first-order chi connectivity index (χ1) is 11.6. The summed E-state index contributed by atoms with van der Waals surface area (Å²) in [5.74, 6) is 0.441. The lowest BCUT2D eigenvalue weighted by atomic mass is 10.2. The van der Waals surface area contributed by atoms with Crippen molar-refractivity contribution in [2.24, 2.45) is 0 Å². The molecule has 9 nitrogen and oxygen atoms in total. The summed E-state index contributed by atoms with van der Waals surface area (Å²) in [6.45, 7) is 2.08. The highest BCUT2D eigenvalue weighted by molar-refractivity contribution is 7.99. The van der Waals surface area contributed by atoms with E-state index < -0.39 is 18.3 Å². The molecule has 2 aromatic rings. The summed E-state index contributed by atoms with van der Waals surface area (Å²) < 4.78 is 9.41. The number of rotatable bonds is 5. The van der Waals surface area contributed by atoms with Crippen molar-refractivity contribution >= 4 is 28.7 Å². The van der Waals surface area contributed by atoms with Crippen LogP contribution in [0.5, 0.6) is 0 Å². The number of hydrogen-bond acceptors (Lipinski definition) is 8. The Labute approximate surface area is 142 Å². The van der Waals surface area contributed by atoms with Gasteiger partial charge < -0.3 is 25.8 Å². The number of nitrogens with zero attached hydrogens (tertiary/aromatic N) is 4. The highest BCUT2D eigenvalue weighted by Gasteiger charge is 2.46. The summed E-state index contributed by atoms with van der Waals surface area (Å²) in [6.07, 6.45) is -1.19. The predicted molar refractivity (Wildman–Crippen MR) is 87.6 cm³/mol. The maximum Gasteiger partial charge on any atom is 0.193 e. The molecule has 5 atom stereocenters. The molecule has 24 heavy (non-hydrogen) atoms. The third-order valence-electron chi connectivity index (χ3n) is 4.75. The molecule has 132 valence electrons. The van der Waals surface area contributed by atoms with Gasteiger partial charge >= 0.3 is 0 Å². The fourth-order valence-electron chi connectivity index (χ4n) is 3.64. The Kier molecular flexibility index (Phi) is 3.96. The maximum absolute atomic E-state index is 10.5. The second-order valence-electron chi connectivity index (χ2n) is 6.15. The van der Waals surface area contributed by atoms with Gasteiger partial charge in [0.05, 0.1) is 25.4 Å². The molecular weight excluding hydrogens is 334 g/mol. The van der Waals surface area contributed by atoms with E-state index in [-0.39, 0.29) is 24.6 Å². The van der Waals surface area contributed by atoms with Crippen LogP contribution < -0.4 is 5.73 Å². The van der Waals surface area contributed by atoms with Crippen LogP contribution in [-0.2, 0) is 4.74 Å². The standard InChI is InChI=1S/C14H21N5O4S/c1-2-8-19-9-12(15)16-14(24-8)17-13(9)18(19)6-5-7(23-4-3-20)11(22)10(6)21/h6-8,10-11,20-22H,2-5H2,1H3,(H2,15,16,17)/t6-,7+,8?,10+,11-/m1/s1. The molecule has 1 unspecified atom stereocenters. The highest BCUT2D eigenvalue weighted by Crippen LogP contribution is 2.46. The highest BCUT2D eigenvalue weighted by atomic mass is 32.2. The van der Waals surface area contributed by atoms with E-state index in [1.165, 1.54) is 0 Å². The van der Waals surface area contributed by atoms with E-state index in [9.17, 15) is 10.2 Å². The molecule has 1 fully saturated rings. The number of aliphatic hydroxyl groups excluding tert-OH is 3. The van der Waals surface area contributed by atoms with Crippen LogP contribution in [0.1, 0.15) is 31.2 Å². The molecular formula is C14H21N5O4S. The smallest absolute Gasteiger partial charge is 0.193 e. The number of hydrogen-bond donors (Lipinski definition) is 4. The largest absolute Gasteiger partial charge is 0.394 e. The molecule has 0 saturated heterocycles. The van der Waals surface area contributed by atoms with Crippen molar-refractivity contribution in [3.8, 4) is 0 Å². The summed E-state index contributed by atoms with van der Waals surface area (Å²) in [4.78, 5) is 8.82. The van der Waals surface area contributed by atoms with Crippen molar-refractivity contribution in [2.75, 3.05) is 18.9 Å². The van der Waals surface area contributed by atoms with Gasteiger partial charge in [-0.3, -0.25) is 9.36 Å². The Morgan fingerprint density at radius 3 is 2.79 bits per heavy atom. The topological polar surface area (TPSA) is 132 Å². The molecule has 0 radical (unpaired) electrons. The average molecular weight is 355 g/mol. The molecule has 4 aliphatic rings. The summed E-state index contributed by atoms with van der Waals surface area (Å²) in [5, 5.41) is 30.4. The van der Waals surface area contributed by atoms with E-state index in [0.717, 1.165) is 11.9 Å². The van der Waals surface area contributed by atoms with Gasteiger partial charge in [-0.1, -0.05) is 18.7 Å². The number of fused-ring (bicyclic) bond motifs is 1. The van der Waals surface area contributed by atoms with Crippen LogP contribution >= 0.6 is 11.8 Å². The van der Waals surface area contributed by atoms with Gasteiger partial charge in [-0.05, 0) is 6.42 Å². The van der Waals surface area contributed by atoms with Crippen molar-refractivity contribution in [2.45, 2.75) is 54.6 Å². The molecule has 5 heterocycles. The zero-order chi connectivity index (χ0) is 17.0. The van der Waals surface area contributed by atoms with Gasteiger partial charge in [0.2, 0.25) is 0 Å². The minimum absolute atomic E-state index is 0.0940. The number of thioether (sulfide) groups is 1. The molecule has 4 bridgehead atoms. The van der Waals surface area contributed by atoms with Crippen molar-refractivity contribution in [3.05, 3.63) is 0 Å². The molecule has 6 rings (SSSR count). The quantitative estimate of drug-likeness (QED) is 0.546. The summed E-state index contributed by atoms with van der Waals surface area (Å²) >= 11 is 1.54. The zero-order valence-corrected chi connectivity index (χ0v) is 14.1. The van der Waals surface area contributed by atoms with Crippen LogP contribution in [0.25, 0.3) is 11.2 Å². The van der Waals surface area contributed by atoms with Gasteiger partial charge in [0.15, 0.2) is 16.6 Å². The molecule has 0 spiro atoms. The first kappa shape index (κ1) is 16.2. The van der Waals surface area contributed by atoms with Gasteiger partial charge in [0.25, 0.3) is 0 Å². The molecule has 3 aliphatic heterocycles. The third-order valence-corrected chi connectivity index (χ3v) is 5.95. The minimum Gasteiger partial charge on any atom is -0.394 e. The van der Waals surface area contributed by atoms with E-state index in [0.29, 0.717) is 23.0 Å². The lowest BCUT2D eigenvalue weighted by Gasteiger charge is -2.33. The molecule has 1 saturated carbocycles. The van der Waals surface area contributed by atoms with E-state index >= 15 is 0 Å². The van der Waals surface area contributed by atoms with Gasteiger partial charge in [-0.2, -0.15) is 0 Å². The molecule has 0 aromatic carbocycles. The van der Waals surface area contributed by atoms with Crippen LogP contribution in [0.3, 0.4) is 0 Å². The average Bonchev–Trinajstić information content (AvgIpc) is 2.74. The lowest BCUT2D eigenvalue weighted by Crippen LogP contribution is -2.37. The Morgan fingerprint density at radius 1 is 1.29 bits per heavy atom. The fourth-order valence-corrected chi connectivity index (χ4v) is 4.65. The van der Waals surface area contributed by atoms with E-state index in [1.54, 1.807) is 11.8 Å². The SMILES string of the molecule is CCC1Sc2nc(N)c3c(n2)n([C@@H]2C[C@H](OCCO)[C@@H](O)[C@H]2O)n31. The third kappa shape index (κ3) is 2.17. The normalized spacial score (nSPS) is 32.2. The van der Waals surface area contributed by atoms with Crippen LogP contribution in [0.4, 0.5) is 5.82 Å². The number of nitrogens with two attached hydrogens (primary N) is 1. The van der Waals surface area contributed by atoms with E-state index in [2.05, 4.69) is 16.9 Å². The van der Waals surface area contributed by atoms with Gasteiger partial charge in [0, 0.05) is 6.42 Å². The second kappa shape index (κ2) is 5.88. The molecule has 10 heteroatoms. The Bertz CT molecular complexity index is 762. The first-order valence-corrected chi connectivity index (χ1v) is 8.96. The maximum atomic E-state index is 10.5.